The highest BCUT2D eigenvalue weighted by atomic mass is 16.8. The number of rotatable bonds is 10. The standard InChI is InChI=1S/C27H36O15/c1-12(28)35-9-17-7-8-18-19(25(33)34-6)10-37-26(21(17)18)42-27-24(40-16(5)32)23(39-15(4)31)22(38-14(3)30)20(41-27)11-36-13(2)29/h10,17-18,20-24,26-27H,7-9,11H2,1-6H3/t17-,18-,20-,21-,22-,23+,24-,26+,27+/m1/s1. The van der Waals surface area contributed by atoms with E-state index in [0.29, 0.717) is 12.8 Å². The van der Waals surface area contributed by atoms with Crippen LogP contribution in [0, 0.1) is 17.8 Å². The first kappa shape index (κ1) is 32.8. The van der Waals surface area contributed by atoms with E-state index in [9.17, 15) is 28.8 Å². The van der Waals surface area contributed by atoms with E-state index in [4.69, 9.17) is 42.6 Å². The van der Waals surface area contributed by atoms with Crippen LogP contribution >= 0.6 is 0 Å². The van der Waals surface area contributed by atoms with Crippen molar-refractivity contribution in [3.63, 3.8) is 0 Å². The van der Waals surface area contributed by atoms with Crippen molar-refractivity contribution in [3.8, 4) is 0 Å². The molecule has 2 aliphatic heterocycles. The van der Waals surface area contributed by atoms with Crippen molar-refractivity contribution < 1.29 is 71.4 Å². The molecule has 15 heteroatoms. The van der Waals surface area contributed by atoms with E-state index in [-0.39, 0.29) is 18.1 Å². The van der Waals surface area contributed by atoms with E-state index >= 15 is 0 Å². The topological polar surface area (TPSA) is 185 Å². The number of methoxy groups -OCH3 is 1. The Bertz CT molecular complexity index is 1080. The maximum atomic E-state index is 12.5. The predicted octanol–water partition coefficient (Wildman–Crippen LogP) is 0.705. The van der Waals surface area contributed by atoms with Gasteiger partial charge in [-0.05, 0) is 12.8 Å². The number of esters is 6. The lowest BCUT2D eigenvalue weighted by atomic mass is 9.83. The molecule has 2 heterocycles. The molecule has 42 heavy (non-hydrogen) atoms. The van der Waals surface area contributed by atoms with Gasteiger partial charge in [0.15, 0.2) is 18.3 Å². The maximum absolute atomic E-state index is 12.5. The van der Waals surface area contributed by atoms with Crippen LogP contribution in [0.15, 0.2) is 11.8 Å². The lowest BCUT2D eigenvalue weighted by Crippen LogP contribution is -2.63. The summed E-state index contributed by atoms with van der Waals surface area (Å²) in [6.45, 7) is 5.35. The first-order valence-electron chi connectivity index (χ1n) is 13.4. The monoisotopic (exact) mass is 600 g/mol. The Morgan fingerprint density at radius 1 is 0.738 bits per heavy atom. The molecule has 234 valence electrons. The SMILES string of the molecule is COC(=O)C1=CO[C@@H](O[C@@H]2O[C@H](COC(C)=O)[C@@H](OC(C)=O)[C@H](OC(C)=O)[C@H]2OC(C)=O)[C@@H]2[C@@H](COC(C)=O)CC[C@H]12. The minimum absolute atomic E-state index is 0.0206. The number of ether oxygens (including phenoxy) is 9. The van der Waals surface area contributed by atoms with Crippen LogP contribution in [0.3, 0.4) is 0 Å². The summed E-state index contributed by atoms with van der Waals surface area (Å²) in [5, 5.41) is 0. The molecule has 0 bridgehead atoms. The fraction of sp³-hybridized carbons (Fsp3) is 0.704. The van der Waals surface area contributed by atoms with Gasteiger partial charge in [-0.1, -0.05) is 0 Å². The predicted molar refractivity (Wildman–Crippen MR) is 134 cm³/mol. The summed E-state index contributed by atoms with van der Waals surface area (Å²) in [7, 11) is 1.24. The second-order valence-corrected chi connectivity index (χ2v) is 10.1. The zero-order chi connectivity index (χ0) is 31.1. The molecule has 0 aromatic carbocycles. The van der Waals surface area contributed by atoms with Gasteiger partial charge in [0.05, 0.1) is 25.6 Å². The highest BCUT2D eigenvalue weighted by Gasteiger charge is 2.56. The van der Waals surface area contributed by atoms with Crippen LogP contribution in [0.4, 0.5) is 0 Å². The summed E-state index contributed by atoms with van der Waals surface area (Å²) < 4.78 is 49.6. The molecule has 0 unspecified atom stereocenters. The maximum Gasteiger partial charge on any atom is 0.337 e. The molecule has 2 fully saturated rings. The van der Waals surface area contributed by atoms with Crippen LogP contribution in [0.1, 0.15) is 47.5 Å². The molecule has 0 aromatic rings. The van der Waals surface area contributed by atoms with E-state index in [1.807, 2.05) is 0 Å². The third-order valence-electron chi connectivity index (χ3n) is 7.04. The second-order valence-electron chi connectivity index (χ2n) is 10.1. The second kappa shape index (κ2) is 14.4. The summed E-state index contributed by atoms with van der Waals surface area (Å²) in [4.78, 5) is 71.8. The average molecular weight is 601 g/mol. The lowest BCUT2D eigenvalue weighted by molar-refractivity contribution is -0.345. The Morgan fingerprint density at radius 3 is 1.88 bits per heavy atom. The molecular weight excluding hydrogens is 564 g/mol. The molecule has 1 saturated carbocycles. The Labute approximate surface area is 242 Å². The number of fused-ring (bicyclic) bond motifs is 1. The van der Waals surface area contributed by atoms with Crippen LogP contribution in [0.25, 0.3) is 0 Å². The number of carbonyl (C=O) groups excluding carboxylic acids is 6. The third kappa shape index (κ3) is 8.18. The smallest absolute Gasteiger partial charge is 0.337 e. The average Bonchev–Trinajstić information content (AvgIpc) is 3.33. The van der Waals surface area contributed by atoms with Gasteiger partial charge in [0.2, 0.25) is 12.6 Å². The zero-order valence-corrected chi connectivity index (χ0v) is 24.2. The summed E-state index contributed by atoms with van der Waals surface area (Å²) >= 11 is 0. The van der Waals surface area contributed by atoms with Crippen LogP contribution in [0.5, 0.6) is 0 Å². The molecule has 1 aliphatic carbocycles. The molecule has 3 rings (SSSR count). The normalized spacial score (nSPS) is 31.8. The Kier molecular flexibility index (Phi) is 11.3. The fourth-order valence-electron chi connectivity index (χ4n) is 5.49. The van der Waals surface area contributed by atoms with Gasteiger partial charge in [-0.25, -0.2) is 4.79 Å². The van der Waals surface area contributed by atoms with Gasteiger partial charge in [0.1, 0.15) is 12.7 Å². The van der Waals surface area contributed by atoms with E-state index in [0.717, 1.165) is 27.7 Å². The molecule has 0 aromatic heterocycles. The first-order chi connectivity index (χ1) is 19.8. The first-order valence-corrected chi connectivity index (χ1v) is 13.4. The van der Waals surface area contributed by atoms with Crippen molar-refractivity contribution in [2.24, 2.45) is 17.8 Å². The molecular formula is C27H36O15. The minimum atomic E-state index is -1.50. The van der Waals surface area contributed by atoms with E-state index in [2.05, 4.69) is 0 Å². The van der Waals surface area contributed by atoms with Gasteiger partial charge in [-0.15, -0.1) is 0 Å². The van der Waals surface area contributed by atoms with Gasteiger partial charge in [0.25, 0.3) is 0 Å². The largest absolute Gasteiger partial charge is 0.472 e. The van der Waals surface area contributed by atoms with Gasteiger partial charge in [0, 0.05) is 52.4 Å². The van der Waals surface area contributed by atoms with Gasteiger partial charge in [-0.2, -0.15) is 0 Å². The zero-order valence-electron chi connectivity index (χ0n) is 24.2. The van der Waals surface area contributed by atoms with Crippen LogP contribution < -0.4 is 0 Å². The van der Waals surface area contributed by atoms with Crippen molar-refractivity contribution in [1.82, 2.24) is 0 Å². The van der Waals surface area contributed by atoms with Crippen LogP contribution in [-0.4, -0.2) is 93.1 Å². The quantitative estimate of drug-likeness (QED) is 0.252. The summed E-state index contributed by atoms with van der Waals surface area (Å²) in [5.41, 5.74) is 0.272. The highest BCUT2D eigenvalue weighted by Crippen LogP contribution is 2.48. The van der Waals surface area contributed by atoms with Gasteiger partial charge < -0.3 is 42.6 Å². The number of carbonyl (C=O) groups is 6. The molecule has 1 saturated heterocycles. The summed E-state index contributed by atoms with van der Waals surface area (Å²) in [6, 6.07) is 0. The van der Waals surface area contributed by atoms with E-state index < -0.39 is 91.3 Å². The molecule has 0 radical (unpaired) electrons. The molecule has 0 N–H and O–H groups in total. The molecule has 0 spiro atoms. The van der Waals surface area contributed by atoms with Crippen LogP contribution in [0.2, 0.25) is 0 Å². The number of hydrogen-bond acceptors (Lipinski definition) is 15. The summed E-state index contributed by atoms with van der Waals surface area (Å²) in [5.74, 6) is -5.36. The molecule has 9 atom stereocenters. The van der Waals surface area contributed by atoms with Gasteiger partial charge >= 0.3 is 35.8 Å². The molecule has 15 nitrogen and oxygen atoms in total. The van der Waals surface area contributed by atoms with E-state index in [1.54, 1.807) is 0 Å². The Morgan fingerprint density at radius 2 is 1.31 bits per heavy atom. The number of hydrogen-bond donors (Lipinski definition) is 0. The van der Waals surface area contributed by atoms with Crippen molar-refractivity contribution >= 4 is 35.8 Å². The Balaban J connectivity index is 2.00. The molecule has 0 amide bonds. The van der Waals surface area contributed by atoms with Crippen LogP contribution in [-0.2, 0) is 71.4 Å². The lowest BCUT2D eigenvalue weighted by Gasteiger charge is -2.46. The Hall–Kier alpha value is -3.72. The van der Waals surface area contributed by atoms with E-state index in [1.165, 1.54) is 20.3 Å². The molecule has 3 aliphatic rings. The minimum Gasteiger partial charge on any atom is -0.472 e. The van der Waals surface area contributed by atoms with Crippen molar-refractivity contribution in [3.05, 3.63) is 11.8 Å². The van der Waals surface area contributed by atoms with Crippen molar-refractivity contribution in [1.29, 1.82) is 0 Å². The summed E-state index contributed by atoms with van der Waals surface area (Å²) in [6.07, 6.45) is -5.81. The third-order valence-corrected chi connectivity index (χ3v) is 7.04. The van der Waals surface area contributed by atoms with Gasteiger partial charge in [-0.3, -0.25) is 24.0 Å². The van der Waals surface area contributed by atoms with Crippen molar-refractivity contribution in [2.45, 2.75) is 84.5 Å². The fourth-order valence-corrected chi connectivity index (χ4v) is 5.49. The highest BCUT2D eigenvalue weighted by molar-refractivity contribution is 5.89. The van der Waals surface area contributed by atoms with Crippen molar-refractivity contribution in [2.75, 3.05) is 20.3 Å².